The minimum Gasteiger partial charge on any atom is -0.487 e. The van der Waals surface area contributed by atoms with Crippen molar-refractivity contribution in [3.63, 3.8) is 0 Å². The smallest absolute Gasteiger partial charge is 0.148 e. The molecule has 2 aromatic rings. The third-order valence-electron chi connectivity index (χ3n) is 2.84. The number of alkyl halides is 1. The van der Waals surface area contributed by atoms with Crippen LogP contribution in [0.4, 0.5) is 4.39 Å². The lowest BCUT2D eigenvalue weighted by Gasteiger charge is -2.10. The van der Waals surface area contributed by atoms with Crippen molar-refractivity contribution in [2.45, 2.75) is 13.5 Å². The Labute approximate surface area is 133 Å². The van der Waals surface area contributed by atoms with Crippen molar-refractivity contribution in [3.05, 3.63) is 63.9 Å². The van der Waals surface area contributed by atoms with Crippen molar-refractivity contribution in [1.29, 1.82) is 0 Å². The monoisotopic (exact) mass is 322 g/mol. The Balaban J connectivity index is 2.22. The van der Waals surface area contributed by atoms with Crippen molar-refractivity contribution in [1.82, 2.24) is 0 Å². The molecule has 0 aromatic heterocycles. The number of aryl methyl sites for hydroxylation is 1. The average Bonchev–Trinajstić information content (AvgIpc) is 2.48. The predicted molar refractivity (Wildman–Crippen MR) is 84.5 cm³/mol. The molecule has 0 spiro atoms. The van der Waals surface area contributed by atoms with Gasteiger partial charge in [-0.15, -0.1) is 11.6 Å². The van der Waals surface area contributed by atoms with Gasteiger partial charge in [0.2, 0.25) is 0 Å². The van der Waals surface area contributed by atoms with Crippen LogP contribution in [0.5, 0.6) is 5.75 Å². The van der Waals surface area contributed by atoms with E-state index in [2.05, 4.69) is 11.8 Å². The lowest BCUT2D eigenvalue weighted by molar-refractivity contribution is 0.299. The maximum absolute atomic E-state index is 13.8. The van der Waals surface area contributed by atoms with E-state index in [1.165, 1.54) is 6.07 Å². The fourth-order valence-corrected chi connectivity index (χ4v) is 2.07. The second-order valence-corrected chi connectivity index (χ2v) is 5.11. The van der Waals surface area contributed by atoms with Gasteiger partial charge in [-0.05, 0) is 30.7 Å². The minimum atomic E-state index is -0.459. The molecule has 0 atom stereocenters. The molecule has 0 bridgehead atoms. The molecule has 0 aliphatic heterocycles. The maximum atomic E-state index is 13.8. The summed E-state index contributed by atoms with van der Waals surface area (Å²) < 4.78 is 19.5. The molecule has 0 N–H and O–H groups in total. The lowest BCUT2D eigenvalue weighted by atomic mass is 10.1. The van der Waals surface area contributed by atoms with E-state index in [1.54, 1.807) is 12.1 Å². The summed E-state index contributed by atoms with van der Waals surface area (Å²) in [5.74, 6) is 6.11. The van der Waals surface area contributed by atoms with Crippen LogP contribution >= 0.6 is 23.2 Å². The van der Waals surface area contributed by atoms with E-state index < -0.39 is 5.82 Å². The summed E-state index contributed by atoms with van der Waals surface area (Å²) >= 11 is 11.3. The number of rotatable bonds is 3. The van der Waals surface area contributed by atoms with Crippen LogP contribution in [0.25, 0.3) is 0 Å². The second kappa shape index (κ2) is 7.36. The van der Waals surface area contributed by atoms with Crippen LogP contribution in [0.3, 0.4) is 0 Å². The first-order chi connectivity index (χ1) is 10.1. The highest BCUT2D eigenvalue weighted by atomic mass is 35.5. The van der Waals surface area contributed by atoms with Gasteiger partial charge in [-0.3, -0.25) is 0 Å². The highest BCUT2D eigenvalue weighted by Gasteiger charge is 2.08. The summed E-state index contributed by atoms with van der Waals surface area (Å²) in [7, 11) is 0. The van der Waals surface area contributed by atoms with Crippen LogP contribution in [0.15, 0.2) is 36.4 Å². The summed E-state index contributed by atoms with van der Waals surface area (Å²) in [5, 5.41) is 0.0853. The highest BCUT2D eigenvalue weighted by molar-refractivity contribution is 6.30. The largest absolute Gasteiger partial charge is 0.487 e. The SMILES string of the molecule is Cc1ccc(OCc2cccc(Cl)c2F)c(C#CCCl)c1. The van der Waals surface area contributed by atoms with Gasteiger partial charge >= 0.3 is 0 Å². The predicted octanol–water partition coefficient (Wildman–Crippen LogP) is 4.96. The minimum absolute atomic E-state index is 0.0853. The van der Waals surface area contributed by atoms with Gasteiger partial charge in [0.1, 0.15) is 18.2 Å². The Bertz CT molecular complexity index is 702. The quantitative estimate of drug-likeness (QED) is 0.573. The molecule has 0 unspecified atom stereocenters. The van der Waals surface area contributed by atoms with Crippen molar-refractivity contribution in [2.24, 2.45) is 0 Å². The van der Waals surface area contributed by atoms with Crippen LogP contribution in [0, 0.1) is 24.6 Å². The van der Waals surface area contributed by atoms with Gasteiger partial charge in [-0.25, -0.2) is 4.39 Å². The van der Waals surface area contributed by atoms with Gasteiger partial charge in [-0.2, -0.15) is 0 Å². The number of halogens is 3. The van der Waals surface area contributed by atoms with Crippen molar-refractivity contribution in [3.8, 4) is 17.6 Å². The summed E-state index contributed by atoms with van der Waals surface area (Å²) in [6.07, 6.45) is 0. The first-order valence-corrected chi connectivity index (χ1v) is 7.24. The first-order valence-electron chi connectivity index (χ1n) is 6.33. The van der Waals surface area contributed by atoms with Crippen LogP contribution in [0.1, 0.15) is 16.7 Å². The maximum Gasteiger partial charge on any atom is 0.148 e. The Kier molecular flexibility index (Phi) is 5.50. The highest BCUT2D eigenvalue weighted by Crippen LogP contribution is 2.23. The standard InChI is InChI=1S/C17H13Cl2FO/c1-12-7-8-16(13(10-12)5-3-9-18)21-11-14-4-2-6-15(19)17(14)20/h2,4,6-8,10H,9,11H2,1H3. The van der Waals surface area contributed by atoms with E-state index in [0.717, 1.165) is 11.1 Å². The molecule has 1 nitrogen and oxygen atoms in total. The molecule has 0 radical (unpaired) electrons. The zero-order valence-electron chi connectivity index (χ0n) is 11.4. The van der Waals surface area contributed by atoms with Crippen molar-refractivity contribution in [2.75, 3.05) is 5.88 Å². The molecule has 2 rings (SSSR count). The van der Waals surface area contributed by atoms with Gasteiger partial charge in [0.25, 0.3) is 0 Å². The molecule has 2 aromatic carbocycles. The van der Waals surface area contributed by atoms with E-state index in [9.17, 15) is 4.39 Å². The number of benzene rings is 2. The van der Waals surface area contributed by atoms with Crippen LogP contribution in [-0.2, 0) is 6.61 Å². The summed E-state index contributed by atoms with van der Waals surface area (Å²) in [4.78, 5) is 0. The molecule has 0 heterocycles. The molecule has 0 aliphatic carbocycles. The Morgan fingerprint density at radius 3 is 2.81 bits per heavy atom. The molecule has 4 heteroatoms. The Morgan fingerprint density at radius 2 is 2.05 bits per heavy atom. The van der Waals surface area contributed by atoms with E-state index in [4.69, 9.17) is 27.9 Å². The molecule has 21 heavy (non-hydrogen) atoms. The third-order valence-corrected chi connectivity index (χ3v) is 3.27. The van der Waals surface area contributed by atoms with Gasteiger partial charge in [0.05, 0.1) is 16.5 Å². The molecular weight excluding hydrogens is 310 g/mol. The topological polar surface area (TPSA) is 9.23 Å². The lowest BCUT2D eigenvalue weighted by Crippen LogP contribution is -2.00. The number of ether oxygens (including phenoxy) is 1. The van der Waals surface area contributed by atoms with Gasteiger partial charge in [0.15, 0.2) is 0 Å². The molecule has 0 fully saturated rings. The van der Waals surface area contributed by atoms with Gasteiger partial charge < -0.3 is 4.74 Å². The van der Waals surface area contributed by atoms with E-state index in [-0.39, 0.29) is 17.5 Å². The third kappa shape index (κ3) is 4.14. The zero-order valence-corrected chi connectivity index (χ0v) is 12.9. The molecule has 0 saturated carbocycles. The number of hydrogen-bond acceptors (Lipinski definition) is 1. The van der Waals surface area contributed by atoms with E-state index in [1.807, 2.05) is 25.1 Å². The van der Waals surface area contributed by atoms with Crippen molar-refractivity contribution >= 4 is 23.2 Å². The van der Waals surface area contributed by atoms with Gasteiger partial charge in [-0.1, -0.05) is 41.6 Å². The van der Waals surface area contributed by atoms with E-state index in [0.29, 0.717) is 11.3 Å². The Morgan fingerprint density at radius 1 is 1.24 bits per heavy atom. The van der Waals surface area contributed by atoms with Crippen molar-refractivity contribution < 1.29 is 9.13 Å². The molecule has 0 saturated heterocycles. The Hall–Kier alpha value is -1.69. The average molecular weight is 323 g/mol. The normalized spacial score (nSPS) is 9.90. The zero-order chi connectivity index (χ0) is 15.2. The molecule has 0 aliphatic rings. The molecule has 108 valence electrons. The number of hydrogen-bond donors (Lipinski definition) is 0. The second-order valence-electron chi connectivity index (χ2n) is 4.44. The first kappa shape index (κ1) is 15.7. The van der Waals surface area contributed by atoms with E-state index >= 15 is 0 Å². The molecular formula is C17H13Cl2FO. The van der Waals surface area contributed by atoms with Crippen LogP contribution in [-0.4, -0.2) is 5.88 Å². The summed E-state index contributed by atoms with van der Waals surface area (Å²) in [6.45, 7) is 2.05. The molecule has 0 amide bonds. The van der Waals surface area contributed by atoms with Gasteiger partial charge in [0, 0.05) is 5.56 Å². The van der Waals surface area contributed by atoms with Crippen LogP contribution < -0.4 is 4.74 Å². The summed E-state index contributed by atoms with van der Waals surface area (Å²) in [5.41, 5.74) is 2.20. The summed E-state index contributed by atoms with van der Waals surface area (Å²) in [6, 6.07) is 10.5. The fraction of sp³-hybridized carbons (Fsp3) is 0.176. The fourth-order valence-electron chi connectivity index (χ4n) is 1.81. The van der Waals surface area contributed by atoms with Crippen LogP contribution in [0.2, 0.25) is 5.02 Å².